The van der Waals surface area contributed by atoms with E-state index in [-0.39, 0.29) is 38.6 Å². The van der Waals surface area contributed by atoms with Crippen LogP contribution in [0.15, 0.2) is 146 Å². The molecule has 51 heavy (non-hydrogen) atoms. The second-order valence-corrected chi connectivity index (χ2v) is 15.6. The summed E-state index contributed by atoms with van der Waals surface area (Å²) in [4.78, 5) is 0. The fourth-order valence-electron chi connectivity index (χ4n) is 6.77. The smallest absolute Gasteiger partial charge is 0.186 e. The molecule has 0 bridgehead atoms. The third-order valence-electron chi connectivity index (χ3n) is 9.05. The van der Waals surface area contributed by atoms with Gasteiger partial charge >= 0.3 is 0 Å². The third kappa shape index (κ3) is 5.83. The van der Waals surface area contributed by atoms with E-state index in [0.29, 0.717) is 15.6 Å². The average molecular weight is 709 g/mol. The molecule has 0 heterocycles. The summed E-state index contributed by atoms with van der Waals surface area (Å²) in [5.74, 6) is -6.62. The van der Waals surface area contributed by atoms with Gasteiger partial charge in [-0.05, 0) is 80.8 Å². The van der Waals surface area contributed by atoms with E-state index in [1.165, 1.54) is 97.1 Å². The van der Waals surface area contributed by atoms with Crippen molar-refractivity contribution < 1.29 is 35.1 Å². The Hall–Kier alpha value is -5.80. The number of rotatable bonds is 7. The van der Waals surface area contributed by atoms with Crippen molar-refractivity contribution in [3.8, 4) is 33.4 Å². The molecule has 0 aliphatic heterocycles. The van der Waals surface area contributed by atoms with Crippen molar-refractivity contribution in [2.45, 2.75) is 0 Å². The Morgan fingerprint density at radius 2 is 0.471 bits per heavy atom. The van der Waals surface area contributed by atoms with Gasteiger partial charge in [-0.1, -0.05) is 97.1 Å². The van der Waals surface area contributed by atoms with Crippen molar-refractivity contribution in [2.75, 3.05) is 0 Å². The van der Waals surface area contributed by atoms with E-state index < -0.39 is 54.6 Å². The van der Waals surface area contributed by atoms with Crippen molar-refractivity contribution in [2.24, 2.45) is 0 Å². The molecule has 7 aromatic carbocycles. The van der Waals surface area contributed by atoms with E-state index in [1.807, 2.05) is 0 Å². The van der Waals surface area contributed by atoms with Crippen LogP contribution in [-0.4, -0.2) is 8.07 Å². The summed E-state index contributed by atoms with van der Waals surface area (Å²) in [6, 6.07) is 31.7. The third-order valence-corrected chi connectivity index (χ3v) is 13.9. The lowest BCUT2D eigenvalue weighted by Gasteiger charge is -2.35. The molecule has 0 aliphatic rings. The standard InChI is InChI=1S/C42H24F8Si/c43-31-5-1-6-32(44)39(31)25-13-19-28(20-14-25)51(42-37(49)11-4-12-38(42)50,29-21-15-26(16-22-29)40-33(45)7-2-8-34(40)46)30-23-17-27(18-24-30)41-35(47)9-3-10-36(41)48/h1-24H. The minimum Gasteiger partial charge on any atom is -0.207 e. The van der Waals surface area contributed by atoms with Gasteiger partial charge in [0, 0.05) is 5.19 Å². The van der Waals surface area contributed by atoms with Gasteiger partial charge in [0.05, 0.1) is 16.7 Å². The lowest BCUT2D eigenvalue weighted by molar-refractivity contribution is 0.589. The number of hydrogen-bond acceptors (Lipinski definition) is 0. The fourth-order valence-corrected chi connectivity index (χ4v) is 11.5. The van der Waals surface area contributed by atoms with E-state index in [4.69, 9.17) is 0 Å². The van der Waals surface area contributed by atoms with Crippen molar-refractivity contribution in [1.82, 2.24) is 0 Å². The molecule has 0 saturated heterocycles. The molecule has 0 nitrogen and oxygen atoms in total. The summed E-state index contributed by atoms with van der Waals surface area (Å²) in [7, 11) is -4.15. The maximum atomic E-state index is 16.2. The van der Waals surface area contributed by atoms with Gasteiger partial charge < -0.3 is 0 Å². The second-order valence-electron chi connectivity index (χ2n) is 11.9. The summed E-state index contributed by atoms with van der Waals surface area (Å²) in [6.07, 6.45) is 0. The molecular weight excluding hydrogens is 685 g/mol. The summed E-state index contributed by atoms with van der Waals surface area (Å²) < 4.78 is 121. The highest BCUT2D eigenvalue weighted by atomic mass is 28.3. The molecule has 0 saturated carbocycles. The topological polar surface area (TPSA) is 0 Å². The van der Waals surface area contributed by atoms with E-state index in [1.54, 1.807) is 0 Å². The van der Waals surface area contributed by atoms with Crippen molar-refractivity contribution in [1.29, 1.82) is 0 Å². The van der Waals surface area contributed by atoms with Crippen LogP contribution in [0.4, 0.5) is 35.1 Å². The predicted octanol–water partition coefficient (Wildman–Crippen LogP) is 9.18. The van der Waals surface area contributed by atoms with Gasteiger partial charge in [-0.15, -0.1) is 0 Å². The van der Waals surface area contributed by atoms with Crippen molar-refractivity contribution in [3.63, 3.8) is 0 Å². The molecule has 0 aromatic heterocycles. The number of benzene rings is 7. The Labute approximate surface area is 288 Å². The molecule has 0 radical (unpaired) electrons. The van der Waals surface area contributed by atoms with Crippen LogP contribution in [0.5, 0.6) is 0 Å². The Morgan fingerprint density at radius 1 is 0.255 bits per heavy atom. The summed E-state index contributed by atoms with van der Waals surface area (Å²) >= 11 is 0. The largest absolute Gasteiger partial charge is 0.207 e. The Balaban J connectivity index is 1.52. The highest BCUT2D eigenvalue weighted by Gasteiger charge is 2.45. The lowest BCUT2D eigenvalue weighted by atomic mass is 10.0. The quantitative estimate of drug-likeness (QED) is 0.0881. The molecule has 7 aromatic rings. The first-order valence-electron chi connectivity index (χ1n) is 15.7. The summed E-state index contributed by atoms with van der Waals surface area (Å²) in [5.41, 5.74) is -0.367. The molecule has 0 aliphatic carbocycles. The molecule has 252 valence electrons. The SMILES string of the molecule is Fc1cccc(F)c1-c1ccc([Si](c2ccc(-c3c(F)cccc3F)cc2)(c2ccc(-c3c(F)cccc3F)cc2)c2c(F)cccc2F)cc1. The van der Waals surface area contributed by atoms with Crippen LogP contribution in [0.3, 0.4) is 0 Å². The van der Waals surface area contributed by atoms with E-state index in [2.05, 4.69) is 0 Å². The summed E-state index contributed by atoms with van der Waals surface area (Å²) in [6.45, 7) is 0. The van der Waals surface area contributed by atoms with Gasteiger partial charge in [-0.25, -0.2) is 35.1 Å². The normalized spacial score (nSPS) is 11.5. The molecule has 0 N–H and O–H groups in total. The van der Waals surface area contributed by atoms with Gasteiger partial charge in [0.15, 0.2) is 8.07 Å². The molecule has 9 heteroatoms. The van der Waals surface area contributed by atoms with Crippen LogP contribution in [0.25, 0.3) is 33.4 Å². The molecule has 0 atom stereocenters. The van der Waals surface area contributed by atoms with Crippen LogP contribution < -0.4 is 20.7 Å². The highest BCUT2D eigenvalue weighted by molar-refractivity contribution is 7.20. The van der Waals surface area contributed by atoms with Crippen LogP contribution in [0.2, 0.25) is 0 Å². The van der Waals surface area contributed by atoms with Crippen LogP contribution >= 0.6 is 0 Å². The van der Waals surface area contributed by atoms with Gasteiger partial charge in [0.25, 0.3) is 0 Å². The fraction of sp³-hybridized carbons (Fsp3) is 0. The van der Waals surface area contributed by atoms with Gasteiger partial charge in [0.1, 0.15) is 46.5 Å². The first-order chi connectivity index (χ1) is 24.6. The number of halogens is 8. The van der Waals surface area contributed by atoms with Crippen LogP contribution in [0.1, 0.15) is 0 Å². The molecule has 0 spiro atoms. The Bertz CT molecular complexity index is 2080. The first-order valence-corrected chi connectivity index (χ1v) is 17.7. The van der Waals surface area contributed by atoms with Crippen LogP contribution in [0, 0.1) is 46.5 Å². The maximum absolute atomic E-state index is 16.2. The zero-order chi connectivity index (χ0) is 35.9. The molecule has 0 fully saturated rings. The number of hydrogen-bond donors (Lipinski definition) is 0. The minimum absolute atomic E-state index is 0.169. The Morgan fingerprint density at radius 3 is 0.706 bits per heavy atom. The summed E-state index contributed by atoms with van der Waals surface area (Å²) in [5, 5.41) is 0.828. The first kappa shape index (κ1) is 33.7. The molecule has 7 rings (SSSR count). The minimum atomic E-state index is -4.15. The van der Waals surface area contributed by atoms with Crippen molar-refractivity contribution >= 4 is 28.8 Å². The van der Waals surface area contributed by atoms with Gasteiger partial charge in [-0.2, -0.15) is 0 Å². The average Bonchev–Trinajstić information content (AvgIpc) is 3.11. The molecule has 0 amide bonds. The van der Waals surface area contributed by atoms with Crippen LogP contribution in [-0.2, 0) is 0 Å². The van der Waals surface area contributed by atoms with E-state index in [0.717, 1.165) is 48.5 Å². The zero-order valence-electron chi connectivity index (χ0n) is 26.4. The predicted molar refractivity (Wildman–Crippen MR) is 186 cm³/mol. The molecular formula is C42H24F8Si. The monoisotopic (exact) mass is 708 g/mol. The molecule has 0 unspecified atom stereocenters. The second kappa shape index (κ2) is 13.5. The van der Waals surface area contributed by atoms with Gasteiger partial charge in [-0.3, -0.25) is 0 Å². The lowest BCUT2D eigenvalue weighted by Crippen LogP contribution is -2.76. The van der Waals surface area contributed by atoms with E-state index >= 15 is 8.78 Å². The van der Waals surface area contributed by atoms with E-state index in [9.17, 15) is 26.3 Å². The maximum Gasteiger partial charge on any atom is 0.186 e. The zero-order valence-corrected chi connectivity index (χ0v) is 27.4. The van der Waals surface area contributed by atoms with Crippen molar-refractivity contribution in [3.05, 3.63) is 192 Å². The highest BCUT2D eigenvalue weighted by Crippen LogP contribution is 2.29. The Kier molecular flexibility index (Phi) is 8.91. The van der Waals surface area contributed by atoms with Gasteiger partial charge in [0.2, 0.25) is 0 Å².